The molecular formula is C18H17FN4. The lowest BCUT2D eigenvalue weighted by Crippen LogP contribution is -2.03. The van der Waals surface area contributed by atoms with Crippen LogP contribution in [-0.2, 0) is 0 Å². The number of hydrogen-bond donors (Lipinski definition) is 1. The minimum absolute atomic E-state index is 0.286. The molecule has 0 aliphatic rings. The van der Waals surface area contributed by atoms with Gasteiger partial charge in [-0.25, -0.2) is 14.4 Å². The van der Waals surface area contributed by atoms with Crippen LogP contribution < -0.4 is 5.73 Å². The van der Waals surface area contributed by atoms with Crippen LogP contribution in [0.25, 0.3) is 22.5 Å². The second kappa shape index (κ2) is 5.76. The molecule has 2 N–H and O–H groups in total. The molecular weight excluding hydrogens is 291 g/mol. The summed E-state index contributed by atoms with van der Waals surface area (Å²) in [5.41, 5.74) is 11.4. The van der Waals surface area contributed by atoms with E-state index in [1.54, 1.807) is 12.1 Å². The van der Waals surface area contributed by atoms with Gasteiger partial charge in [-0.05, 0) is 57.2 Å². The molecule has 0 saturated carbocycles. The number of nitrogen functional groups attached to an aromatic ring is 1. The Hall–Kier alpha value is -2.82. The zero-order valence-electron chi connectivity index (χ0n) is 13.3. The maximum absolute atomic E-state index is 13.2. The molecule has 3 aromatic rings. The van der Waals surface area contributed by atoms with Gasteiger partial charge in [-0.15, -0.1) is 0 Å². The van der Waals surface area contributed by atoms with Crippen molar-refractivity contribution in [2.45, 2.75) is 20.8 Å². The fraction of sp³-hybridized carbons (Fsp3) is 0.167. The number of anilines is 1. The summed E-state index contributed by atoms with van der Waals surface area (Å²) in [5.74, 6) is 0.101. The fourth-order valence-corrected chi connectivity index (χ4v) is 2.51. The van der Waals surface area contributed by atoms with Crippen molar-refractivity contribution in [3.05, 3.63) is 59.3 Å². The van der Waals surface area contributed by atoms with Crippen LogP contribution in [0.4, 0.5) is 10.2 Å². The van der Waals surface area contributed by atoms with E-state index >= 15 is 0 Å². The normalized spacial score (nSPS) is 10.8. The van der Waals surface area contributed by atoms with E-state index in [0.29, 0.717) is 22.9 Å². The summed E-state index contributed by atoms with van der Waals surface area (Å²) in [7, 11) is 0. The van der Waals surface area contributed by atoms with Crippen LogP contribution in [0.1, 0.15) is 17.1 Å². The molecule has 0 aliphatic carbocycles. The molecule has 0 unspecified atom stereocenters. The van der Waals surface area contributed by atoms with Gasteiger partial charge < -0.3 is 5.73 Å². The number of halogens is 1. The second-order valence-electron chi connectivity index (χ2n) is 5.54. The zero-order chi connectivity index (χ0) is 16.6. The van der Waals surface area contributed by atoms with Crippen LogP contribution in [0.3, 0.4) is 0 Å². The van der Waals surface area contributed by atoms with Crippen LogP contribution in [0.2, 0.25) is 0 Å². The highest BCUT2D eigenvalue weighted by Gasteiger charge is 2.14. The minimum atomic E-state index is -0.286. The molecule has 0 fully saturated rings. The number of rotatable bonds is 2. The van der Waals surface area contributed by atoms with E-state index in [0.717, 1.165) is 22.5 Å². The van der Waals surface area contributed by atoms with E-state index in [2.05, 4.69) is 15.0 Å². The molecule has 0 saturated heterocycles. The predicted molar refractivity (Wildman–Crippen MR) is 89.3 cm³/mol. The van der Waals surface area contributed by atoms with E-state index in [9.17, 15) is 4.39 Å². The van der Waals surface area contributed by atoms with Gasteiger partial charge in [0.2, 0.25) is 0 Å². The van der Waals surface area contributed by atoms with Crippen molar-refractivity contribution < 1.29 is 4.39 Å². The highest BCUT2D eigenvalue weighted by molar-refractivity contribution is 5.79. The van der Waals surface area contributed by atoms with Gasteiger partial charge in [-0.3, -0.25) is 4.98 Å². The molecule has 2 aromatic heterocycles. The molecule has 2 heterocycles. The summed E-state index contributed by atoms with van der Waals surface area (Å²) >= 11 is 0. The third-order valence-corrected chi connectivity index (χ3v) is 3.58. The number of benzene rings is 1. The lowest BCUT2D eigenvalue weighted by atomic mass is 10.0. The van der Waals surface area contributed by atoms with Gasteiger partial charge in [-0.2, -0.15) is 0 Å². The Labute approximate surface area is 134 Å². The number of nitrogens with zero attached hydrogens (tertiary/aromatic N) is 3. The molecule has 1 aromatic carbocycles. The van der Waals surface area contributed by atoms with Crippen LogP contribution in [0, 0.1) is 26.6 Å². The molecule has 0 radical (unpaired) electrons. The number of nitrogens with two attached hydrogens (primary N) is 1. The predicted octanol–water partition coefficient (Wildman–Crippen LogP) is 3.85. The summed E-state index contributed by atoms with van der Waals surface area (Å²) in [6, 6.07) is 10.1. The molecule has 3 rings (SSSR count). The molecule has 4 nitrogen and oxygen atoms in total. The Balaban J connectivity index is 2.26. The van der Waals surface area contributed by atoms with Gasteiger partial charge in [0, 0.05) is 22.5 Å². The molecule has 116 valence electrons. The van der Waals surface area contributed by atoms with Gasteiger partial charge in [0.1, 0.15) is 11.6 Å². The van der Waals surface area contributed by atoms with Gasteiger partial charge in [-0.1, -0.05) is 0 Å². The average Bonchev–Trinajstić information content (AvgIpc) is 2.49. The smallest absolute Gasteiger partial charge is 0.145 e. The molecule has 0 atom stereocenters. The Morgan fingerprint density at radius 1 is 0.783 bits per heavy atom. The first-order valence-corrected chi connectivity index (χ1v) is 7.30. The molecule has 0 bridgehead atoms. The largest absolute Gasteiger partial charge is 0.382 e. The molecule has 0 spiro atoms. The van der Waals surface area contributed by atoms with Crippen molar-refractivity contribution in [2.24, 2.45) is 0 Å². The van der Waals surface area contributed by atoms with Crippen molar-refractivity contribution in [1.82, 2.24) is 15.0 Å². The van der Waals surface area contributed by atoms with Crippen LogP contribution in [0.15, 0.2) is 36.4 Å². The first-order chi connectivity index (χ1) is 10.9. The maximum atomic E-state index is 13.2. The number of hydrogen-bond acceptors (Lipinski definition) is 4. The van der Waals surface area contributed by atoms with E-state index in [4.69, 9.17) is 5.73 Å². The average molecular weight is 308 g/mol. The van der Waals surface area contributed by atoms with E-state index < -0.39 is 0 Å². The van der Waals surface area contributed by atoms with E-state index in [1.165, 1.54) is 12.1 Å². The van der Waals surface area contributed by atoms with Gasteiger partial charge in [0.25, 0.3) is 0 Å². The lowest BCUT2D eigenvalue weighted by Gasteiger charge is -2.12. The fourth-order valence-electron chi connectivity index (χ4n) is 2.51. The molecule has 0 amide bonds. The first-order valence-electron chi connectivity index (χ1n) is 7.30. The van der Waals surface area contributed by atoms with Gasteiger partial charge in [0.05, 0.1) is 17.1 Å². The quantitative estimate of drug-likeness (QED) is 0.781. The Morgan fingerprint density at radius 3 is 1.96 bits per heavy atom. The Bertz CT molecular complexity index is 853. The number of aryl methyl sites for hydroxylation is 3. The zero-order valence-corrected chi connectivity index (χ0v) is 13.3. The van der Waals surface area contributed by atoms with Crippen molar-refractivity contribution >= 4 is 5.82 Å². The van der Waals surface area contributed by atoms with Crippen LogP contribution in [0.5, 0.6) is 0 Å². The lowest BCUT2D eigenvalue weighted by molar-refractivity contribution is 0.628. The summed E-state index contributed by atoms with van der Waals surface area (Å²) in [6.45, 7) is 5.67. The van der Waals surface area contributed by atoms with Crippen molar-refractivity contribution in [2.75, 3.05) is 5.73 Å². The highest BCUT2D eigenvalue weighted by Crippen LogP contribution is 2.31. The second-order valence-corrected chi connectivity index (χ2v) is 5.54. The van der Waals surface area contributed by atoms with Crippen molar-refractivity contribution in [1.29, 1.82) is 0 Å². The molecule has 0 aliphatic heterocycles. The summed E-state index contributed by atoms with van der Waals surface area (Å²) in [4.78, 5) is 13.5. The Kier molecular flexibility index (Phi) is 3.78. The van der Waals surface area contributed by atoms with Crippen molar-refractivity contribution in [3.8, 4) is 22.5 Å². The first kappa shape index (κ1) is 15.1. The minimum Gasteiger partial charge on any atom is -0.382 e. The third-order valence-electron chi connectivity index (χ3n) is 3.58. The summed E-state index contributed by atoms with van der Waals surface area (Å²) in [5, 5.41) is 0. The number of pyridine rings is 1. The monoisotopic (exact) mass is 308 g/mol. The van der Waals surface area contributed by atoms with Crippen molar-refractivity contribution in [3.63, 3.8) is 0 Å². The van der Waals surface area contributed by atoms with Crippen LogP contribution in [-0.4, -0.2) is 15.0 Å². The van der Waals surface area contributed by atoms with E-state index in [-0.39, 0.29) is 5.82 Å². The van der Waals surface area contributed by atoms with Crippen LogP contribution >= 0.6 is 0 Å². The SMILES string of the molecule is Cc1cc(-c2nc(N)c(C)nc2-c2ccc(F)cc2)cc(C)n1. The molecule has 23 heavy (non-hydrogen) atoms. The summed E-state index contributed by atoms with van der Waals surface area (Å²) in [6.07, 6.45) is 0. The standard InChI is InChI=1S/C18H17FN4/c1-10-8-14(9-11(2)21-10)17-16(22-12(3)18(20)23-17)13-4-6-15(19)7-5-13/h4-9H,1-3H3,(H2,20,23). The third kappa shape index (κ3) is 3.04. The van der Waals surface area contributed by atoms with E-state index in [1.807, 2.05) is 32.9 Å². The highest BCUT2D eigenvalue weighted by atomic mass is 19.1. The Morgan fingerprint density at radius 2 is 1.35 bits per heavy atom. The van der Waals surface area contributed by atoms with Gasteiger partial charge in [0.15, 0.2) is 0 Å². The number of aromatic nitrogens is 3. The maximum Gasteiger partial charge on any atom is 0.145 e. The molecule has 5 heteroatoms. The topological polar surface area (TPSA) is 64.7 Å². The summed E-state index contributed by atoms with van der Waals surface area (Å²) < 4.78 is 13.2. The van der Waals surface area contributed by atoms with Gasteiger partial charge >= 0.3 is 0 Å².